The molecule has 2 nitrogen and oxygen atoms in total. The Morgan fingerprint density at radius 3 is 2.75 bits per heavy atom. The Morgan fingerprint density at radius 1 is 1.31 bits per heavy atom. The van der Waals surface area contributed by atoms with Gasteiger partial charge in [-0.15, -0.1) is 0 Å². The van der Waals surface area contributed by atoms with Gasteiger partial charge in [0.2, 0.25) is 0 Å². The topological polar surface area (TPSA) is 22.4 Å². The summed E-state index contributed by atoms with van der Waals surface area (Å²) in [5, 5.41) is 0.718. The fraction of sp³-hybridized carbons (Fsp3) is 0.231. The molecule has 3 heteroatoms. The summed E-state index contributed by atoms with van der Waals surface area (Å²) in [6.45, 7) is 3.92. The SMILES string of the molecule is Cc1cc(Cl)ccc1O[C@@H](C)c1ccco1. The van der Waals surface area contributed by atoms with E-state index in [9.17, 15) is 0 Å². The maximum atomic E-state index is 5.88. The smallest absolute Gasteiger partial charge is 0.153 e. The van der Waals surface area contributed by atoms with Crippen molar-refractivity contribution in [3.63, 3.8) is 0 Å². The van der Waals surface area contributed by atoms with Gasteiger partial charge in [-0.1, -0.05) is 11.6 Å². The van der Waals surface area contributed by atoms with E-state index >= 15 is 0 Å². The van der Waals surface area contributed by atoms with Crippen molar-refractivity contribution in [2.45, 2.75) is 20.0 Å². The van der Waals surface area contributed by atoms with Gasteiger partial charge in [-0.2, -0.15) is 0 Å². The van der Waals surface area contributed by atoms with Gasteiger partial charge in [-0.05, 0) is 49.7 Å². The molecule has 1 heterocycles. The van der Waals surface area contributed by atoms with Gasteiger partial charge >= 0.3 is 0 Å². The third kappa shape index (κ3) is 2.39. The lowest BCUT2D eigenvalue weighted by Crippen LogP contribution is -2.02. The van der Waals surface area contributed by atoms with Crippen LogP contribution < -0.4 is 4.74 Å². The average Bonchev–Trinajstić information content (AvgIpc) is 2.75. The molecule has 0 bridgehead atoms. The molecule has 2 rings (SSSR count). The van der Waals surface area contributed by atoms with Gasteiger partial charge in [-0.25, -0.2) is 0 Å². The van der Waals surface area contributed by atoms with Crippen molar-refractivity contribution in [2.75, 3.05) is 0 Å². The fourth-order valence-electron chi connectivity index (χ4n) is 1.52. The van der Waals surface area contributed by atoms with Crippen LogP contribution in [0.2, 0.25) is 5.02 Å². The molecular formula is C13H13ClO2. The predicted molar refractivity (Wildman–Crippen MR) is 63.9 cm³/mol. The second-order valence-electron chi connectivity index (χ2n) is 3.69. The number of hydrogen-bond donors (Lipinski definition) is 0. The first-order valence-corrected chi connectivity index (χ1v) is 5.51. The van der Waals surface area contributed by atoms with Crippen LogP contribution in [0.25, 0.3) is 0 Å². The molecule has 0 aliphatic rings. The zero-order valence-corrected chi connectivity index (χ0v) is 9.99. The Bertz CT molecular complexity index is 463. The number of hydrogen-bond acceptors (Lipinski definition) is 2. The molecule has 0 saturated heterocycles. The van der Waals surface area contributed by atoms with Crippen LogP contribution in [0.3, 0.4) is 0 Å². The zero-order chi connectivity index (χ0) is 11.5. The number of aryl methyl sites for hydroxylation is 1. The quantitative estimate of drug-likeness (QED) is 0.789. The molecule has 0 unspecified atom stereocenters. The normalized spacial score (nSPS) is 12.4. The summed E-state index contributed by atoms with van der Waals surface area (Å²) < 4.78 is 11.1. The highest BCUT2D eigenvalue weighted by Crippen LogP contribution is 2.27. The lowest BCUT2D eigenvalue weighted by molar-refractivity contribution is 0.194. The summed E-state index contributed by atoms with van der Waals surface area (Å²) in [6.07, 6.45) is 1.54. The second-order valence-corrected chi connectivity index (χ2v) is 4.12. The number of ether oxygens (including phenoxy) is 1. The highest BCUT2D eigenvalue weighted by Gasteiger charge is 2.11. The number of halogens is 1. The minimum atomic E-state index is -0.102. The molecule has 1 aromatic heterocycles. The van der Waals surface area contributed by atoms with Crippen LogP contribution >= 0.6 is 11.6 Å². The van der Waals surface area contributed by atoms with Crippen molar-refractivity contribution in [3.8, 4) is 5.75 Å². The zero-order valence-electron chi connectivity index (χ0n) is 9.24. The first-order chi connectivity index (χ1) is 7.66. The Morgan fingerprint density at radius 2 is 2.12 bits per heavy atom. The maximum absolute atomic E-state index is 5.88. The lowest BCUT2D eigenvalue weighted by Gasteiger charge is -2.14. The molecular weight excluding hydrogens is 224 g/mol. The van der Waals surface area contributed by atoms with Gasteiger partial charge in [0.15, 0.2) is 6.10 Å². The first kappa shape index (κ1) is 11.1. The molecule has 0 N–H and O–H groups in total. The van der Waals surface area contributed by atoms with E-state index in [2.05, 4.69) is 0 Å². The van der Waals surface area contributed by atoms with E-state index in [0.29, 0.717) is 0 Å². The van der Waals surface area contributed by atoms with Crippen LogP contribution in [-0.4, -0.2) is 0 Å². The predicted octanol–water partition coefficient (Wildman–Crippen LogP) is 4.38. The molecule has 0 radical (unpaired) electrons. The van der Waals surface area contributed by atoms with Gasteiger partial charge < -0.3 is 9.15 Å². The van der Waals surface area contributed by atoms with Crippen LogP contribution in [0.1, 0.15) is 24.4 Å². The minimum Gasteiger partial charge on any atom is -0.483 e. The van der Waals surface area contributed by atoms with Crippen LogP contribution in [0.4, 0.5) is 0 Å². The second kappa shape index (κ2) is 4.62. The van der Waals surface area contributed by atoms with Gasteiger partial charge in [0.25, 0.3) is 0 Å². The fourth-order valence-corrected chi connectivity index (χ4v) is 1.74. The lowest BCUT2D eigenvalue weighted by atomic mass is 10.2. The Kier molecular flexibility index (Phi) is 3.20. The molecule has 2 aromatic rings. The molecule has 0 spiro atoms. The van der Waals surface area contributed by atoms with E-state index in [0.717, 1.165) is 22.1 Å². The Balaban J connectivity index is 2.15. The Hall–Kier alpha value is -1.41. The largest absolute Gasteiger partial charge is 0.483 e. The first-order valence-electron chi connectivity index (χ1n) is 5.13. The monoisotopic (exact) mass is 236 g/mol. The van der Waals surface area contributed by atoms with Crippen molar-refractivity contribution >= 4 is 11.6 Å². The van der Waals surface area contributed by atoms with E-state index < -0.39 is 0 Å². The van der Waals surface area contributed by atoms with Crippen molar-refractivity contribution < 1.29 is 9.15 Å². The summed E-state index contributed by atoms with van der Waals surface area (Å²) in [6, 6.07) is 9.32. The van der Waals surface area contributed by atoms with Crippen molar-refractivity contribution in [2.24, 2.45) is 0 Å². The summed E-state index contributed by atoms with van der Waals surface area (Å²) in [5.41, 5.74) is 1.02. The number of benzene rings is 1. The third-order valence-electron chi connectivity index (χ3n) is 2.38. The highest BCUT2D eigenvalue weighted by molar-refractivity contribution is 6.30. The average molecular weight is 237 g/mol. The third-order valence-corrected chi connectivity index (χ3v) is 2.62. The number of rotatable bonds is 3. The van der Waals surface area contributed by atoms with E-state index in [4.69, 9.17) is 20.8 Å². The van der Waals surface area contributed by atoms with E-state index in [1.807, 2.05) is 44.2 Å². The molecule has 1 atom stereocenters. The van der Waals surface area contributed by atoms with Crippen LogP contribution in [0.15, 0.2) is 41.0 Å². The molecule has 0 fully saturated rings. The van der Waals surface area contributed by atoms with Gasteiger partial charge in [0, 0.05) is 5.02 Å². The molecule has 0 aliphatic heterocycles. The van der Waals surface area contributed by atoms with Gasteiger partial charge in [-0.3, -0.25) is 0 Å². The Labute approximate surface area is 99.8 Å². The molecule has 0 amide bonds. The van der Waals surface area contributed by atoms with Crippen molar-refractivity contribution in [1.82, 2.24) is 0 Å². The van der Waals surface area contributed by atoms with Crippen molar-refractivity contribution in [1.29, 1.82) is 0 Å². The summed E-state index contributed by atoms with van der Waals surface area (Å²) in [4.78, 5) is 0. The molecule has 84 valence electrons. The van der Waals surface area contributed by atoms with Gasteiger partial charge in [0.05, 0.1) is 6.26 Å². The molecule has 0 saturated carbocycles. The van der Waals surface area contributed by atoms with Crippen molar-refractivity contribution in [3.05, 3.63) is 52.9 Å². The standard InChI is InChI=1S/C13H13ClO2/c1-9-8-11(14)5-6-12(9)16-10(2)13-4-3-7-15-13/h3-8,10H,1-2H3/t10-/m0/s1. The summed E-state index contributed by atoms with van der Waals surface area (Å²) in [7, 11) is 0. The number of furan rings is 1. The summed E-state index contributed by atoms with van der Waals surface area (Å²) >= 11 is 5.88. The summed E-state index contributed by atoms with van der Waals surface area (Å²) in [5.74, 6) is 1.64. The van der Waals surface area contributed by atoms with Gasteiger partial charge in [0.1, 0.15) is 11.5 Å². The van der Waals surface area contributed by atoms with E-state index in [1.165, 1.54) is 0 Å². The highest BCUT2D eigenvalue weighted by atomic mass is 35.5. The molecule has 1 aromatic carbocycles. The molecule has 0 aliphatic carbocycles. The maximum Gasteiger partial charge on any atom is 0.153 e. The van der Waals surface area contributed by atoms with E-state index in [-0.39, 0.29) is 6.10 Å². The van der Waals surface area contributed by atoms with E-state index in [1.54, 1.807) is 6.26 Å². The minimum absolute atomic E-state index is 0.102. The van der Waals surface area contributed by atoms with Crippen LogP contribution in [0, 0.1) is 6.92 Å². The van der Waals surface area contributed by atoms with Crippen LogP contribution in [-0.2, 0) is 0 Å². The molecule has 16 heavy (non-hydrogen) atoms. The van der Waals surface area contributed by atoms with Crippen LogP contribution in [0.5, 0.6) is 5.75 Å².